The van der Waals surface area contributed by atoms with E-state index in [0.717, 1.165) is 11.4 Å². The molecule has 0 bridgehead atoms. The Labute approximate surface area is 196 Å². The first-order valence-corrected chi connectivity index (χ1v) is 11.3. The molecule has 1 spiro atoms. The summed E-state index contributed by atoms with van der Waals surface area (Å²) in [6.07, 6.45) is 0.909. The van der Waals surface area contributed by atoms with E-state index in [0.29, 0.717) is 31.5 Å². The molecule has 10 heteroatoms. The maximum Gasteiger partial charge on any atom is 0.322 e. The Morgan fingerprint density at radius 3 is 2.38 bits per heavy atom. The standard InChI is InChI=1S/C24H26N6O4/c1-28(16-7-3-2-4-8-16)30-22(33)17-9-5-6-10-18(17)27-24(30)11-13-29(14-12-24)20(31)15-19-21(32)26-23(34)25-19/h2-10,19,27H,11-15H2,1H3,(H2,25,26,32,34). The molecule has 0 saturated carbocycles. The van der Waals surface area contributed by atoms with Gasteiger partial charge in [0.1, 0.15) is 11.7 Å². The number of carbonyl (C=O) groups is 4. The minimum Gasteiger partial charge on any atom is -0.360 e. The first-order chi connectivity index (χ1) is 16.4. The summed E-state index contributed by atoms with van der Waals surface area (Å²) in [6.45, 7) is 0.811. The molecule has 1 atom stereocenters. The lowest BCUT2D eigenvalue weighted by Crippen LogP contribution is -2.68. The first kappa shape index (κ1) is 21.7. The number of hydrogen-bond donors (Lipinski definition) is 3. The number of nitrogens with one attached hydrogen (secondary N) is 3. The number of fused-ring (bicyclic) bond motifs is 1. The molecule has 2 aromatic rings. The largest absolute Gasteiger partial charge is 0.360 e. The second-order valence-electron chi connectivity index (χ2n) is 8.78. The van der Waals surface area contributed by atoms with Crippen LogP contribution >= 0.6 is 0 Å². The number of amides is 5. The van der Waals surface area contributed by atoms with Gasteiger partial charge in [0.05, 0.1) is 17.7 Å². The average molecular weight is 463 g/mol. The lowest BCUT2D eigenvalue weighted by molar-refractivity contribution is -0.135. The van der Waals surface area contributed by atoms with Gasteiger partial charge >= 0.3 is 6.03 Å². The number of benzene rings is 2. The zero-order chi connectivity index (χ0) is 23.9. The highest BCUT2D eigenvalue weighted by molar-refractivity contribution is 6.06. The number of urea groups is 1. The summed E-state index contributed by atoms with van der Waals surface area (Å²) in [5, 5.41) is 11.8. The van der Waals surface area contributed by atoms with Gasteiger partial charge in [0, 0.05) is 38.7 Å². The first-order valence-electron chi connectivity index (χ1n) is 11.3. The molecular formula is C24H26N6O4. The molecule has 2 saturated heterocycles. The number of nitrogens with zero attached hydrogens (tertiary/aromatic N) is 3. The van der Waals surface area contributed by atoms with Crippen molar-refractivity contribution >= 4 is 35.1 Å². The van der Waals surface area contributed by atoms with E-state index in [-0.39, 0.29) is 18.2 Å². The molecule has 5 amide bonds. The monoisotopic (exact) mass is 462 g/mol. The number of para-hydroxylation sites is 2. The Morgan fingerprint density at radius 2 is 1.71 bits per heavy atom. The highest BCUT2D eigenvalue weighted by atomic mass is 16.2. The van der Waals surface area contributed by atoms with Crippen molar-refractivity contribution in [2.45, 2.75) is 31.0 Å². The van der Waals surface area contributed by atoms with Crippen molar-refractivity contribution in [3.8, 4) is 0 Å². The molecule has 2 fully saturated rings. The van der Waals surface area contributed by atoms with Gasteiger partial charge in [0.15, 0.2) is 0 Å². The van der Waals surface area contributed by atoms with Crippen molar-refractivity contribution < 1.29 is 19.2 Å². The van der Waals surface area contributed by atoms with E-state index in [1.807, 2.05) is 66.7 Å². The number of rotatable bonds is 4. The van der Waals surface area contributed by atoms with Crippen LogP contribution in [0.5, 0.6) is 0 Å². The van der Waals surface area contributed by atoms with Crippen LogP contribution in [0.3, 0.4) is 0 Å². The van der Waals surface area contributed by atoms with Crippen molar-refractivity contribution in [2.24, 2.45) is 0 Å². The van der Waals surface area contributed by atoms with Gasteiger partial charge in [-0.15, -0.1) is 0 Å². The predicted molar refractivity (Wildman–Crippen MR) is 125 cm³/mol. The van der Waals surface area contributed by atoms with Crippen molar-refractivity contribution in [3.63, 3.8) is 0 Å². The molecule has 5 rings (SSSR count). The SMILES string of the molecule is CN(c1ccccc1)N1C(=O)c2ccccc2NC12CCN(C(=O)CC1NC(=O)NC1=O)CC2. The number of anilines is 2. The normalized spacial score (nSPS) is 21.0. The summed E-state index contributed by atoms with van der Waals surface area (Å²) in [6, 6.07) is 15.7. The van der Waals surface area contributed by atoms with Gasteiger partial charge in [0.2, 0.25) is 5.91 Å². The maximum absolute atomic E-state index is 13.7. The summed E-state index contributed by atoms with van der Waals surface area (Å²) in [7, 11) is 1.86. The number of carbonyl (C=O) groups excluding carboxylic acids is 4. The Hall–Kier alpha value is -4.08. The van der Waals surface area contributed by atoms with Crippen LogP contribution in [0.1, 0.15) is 29.6 Å². The highest BCUT2D eigenvalue weighted by Crippen LogP contribution is 2.39. The number of piperidine rings is 1. The Balaban J connectivity index is 1.38. The number of hydrazine groups is 1. The lowest BCUT2D eigenvalue weighted by Gasteiger charge is -2.54. The molecule has 2 aromatic carbocycles. The third-order valence-corrected chi connectivity index (χ3v) is 6.73. The Bertz CT molecular complexity index is 1150. The van der Waals surface area contributed by atoms with E-state index in [1.165, 1.54) is 0 Å². The van der Waals surface area contributed by atoms with Crippen LogP contribution < -0.4 is 21.0 Å². The fourth-order valence-electron chi connectivity index (χ4n) is 4.94. The molecule has 0 radical (unpaired) electrons. The van der Waals surface area contributed by atoms with Gasteiger partial charge < -0.3 is 15.5 Å². The van der Waals surface area contributed by atoms with E-state index in [9.17, 15) is 19.2 Å². The van der Waals surface area contributed by atoms with Crippen LogP contribution in [0.25, 0.3) is 0 Å². The lowest BCUT2D eigenvalue weighted by atomic mass is 9.91. The van der Waals surface area contributed by atoms with Gasteiger partial charge in [0.25, 0.3) is 11.8 Å². The van der Waals surface area contributed by atoms with Crippen molar-refractivity contribution in [3.05, 3.63) is 60.2 Å². The van der Waals surface area contributed by atoms with Crippen LogP contribution in [0.4, 0.5) is 16.2 Å². The van der Waals surface area contributed by atoms with Crippen LogP contribution in [-0.2, 0) is 9.59 Å². The van der Waals surface area contributed by atoms with Crippen molar-refractivity contribution in [2.75, 3.05) is 30.5 Å². The van der Waals surface area contributed by atoms with E-state index in [4.69, 9.17) is 0 Å². The maximum atomic E-state index is 13.7. The highest BCUT2D eigenvalue weighted by Gasteiger charge is 2.49. The summed E-state index contributed by atoms with van der Waals surface area (Å²) in [5.41, 5.74) is 1.52. The van der Waals surface area contributed by atoms with Gasteiger partial charge in [-0.3, -0.25) is 24.7 Å². The molecule has 3 aliphatic heterocycles. The van der Waals surface area contributed by atoms with Crippen LogP contribution in [-0.4, -0.2) is 65.5 Å². The minimum absolute atomic E-state index is 0.0899. The van der Waals surface area contributed by atoms with Crippen molar-refractivity contribution in [1.29, 1.82) is 0 Å². The molecule has 3 heterocycles. The molecule has 3 N–H and O–H groups in total. The van der Waals surface area contributed by atoms with Gasteiger partial charge in [-0.05, 0) is 24.3 Å². The second kappa shape index (κ2) is 8.36. The third kappa shape index (κ3) is 3.70. The second-order valence-corrected chi connectivity index (χ2v) is 8.78. The molecule has 176 valence electrons. The Morgan fingerprint density at radius 1 is 1.03 bits per heavy atom. The fourth-order valence-corrected chi connectivity index (χ4v) is 4.94. The molecule has 1 unspecified atom stereocenters. The molecule has 0 aromatic heterocycles. The molecular weight excluding hydrogens is 436 g/mol. The molecule has 10 nitrogen and oxygen atoms in total. The number of likely N-dealkylation sites (tertiary alicyclic amines) is 1. The van der Waals surface area contributed by atoms with Gasteiger partial charge in [-0.1, -0.05) is 30.3 Å². The average Bonchev–Trinajstić information content (AvgIpc) is 3.16. The zero-order valence-corrected chi connectivity index (χ0v) is 18.8. The van der Waals surface area contributed by atoms with Crippen LogP contribution in [0.2, 0.25) is 0 Å². The van der Waals surface area contributed by atoms with Crippen LogP contribution in [0.15, 0.2) is 54.6 Å². The minimum atomic E-state index is -0.849. The predicted octanol–water partition coefficient (Wildman–Crippen LogP) is 1.52. The van der Waals surface area contributed by atoms with E-state index in [1.54, 1.807) is 9.91 Å². The zero-order valence-electron chi connectivity index (χ0n) is 18.8. The number of imide groups is 1. The molecule has 3 aliphatic rings. The van der Waals surface area contributed by atoms with Gasteiger partial charge in [-0.25, -0.2) is 9.80 Å². The summed E-state index contributed by atoms with van der Waals surface area (Å²) in [5.74, 6) is -0.799. The molecule has 34 heavy (non-hydrogen) atoms. The molecule has 0 aliphatic carbocycles. The quantitative estimate of drug-likeness (QED) is 0.594. The van der Waals surface area contributed by atoms with Gasteiger partial charge in [-0.2, -0.15) is 0 Å². The van der Waals surface area contributed by atoms with Crippen LogP contribution in [0, 0.1) is 0 Å². The summed E-state index contributed by atoms with van der Waals surface area (Å²) in [4.78, 5) is 51.4. The number of hydrogen-bond acceptors (Lipinski definition) is 6. The van der Waals surface area contributed by atoms with E-state index < -0.39 is 23.6 Å². The topological polar surface area (TPSA) is 114 Å². The third-order valence-electron chi connectivity index (χ3n) is 6.73. The summed E-state index contributed by atoms with van der Waals surface area (Å²) >= 11 is 0. The van der Waals surface area contributed by atoms with E-state index >= 15 is 0 Å². The summed E-state index contributed by atoms with van der Waals surface area (Å²) < 4.78 is 0. The smallest absolute Gasteiger partial charge is 0.322 e. The Kier molecular flexibility index (Phi) is 5.35. The van der Waals surface area contributed by atoms with Crippen molar-refractivity contribution in [1.82, 2.24) is 20.5 Å². The fraction of sp³-hybridized carbons (Fsp3) is 0.333. The van der Waals surface area contributed by atoms with E-state index in [2.05, 4.69) is 16.0 Å².